The van der Waals surface area contributed by atoms with Crippen LogP contribution >= 0.6 is 0 Å². The maximum atomic E-state index is 12.7. The van der Waals surface area contributed by atoms with Crippen LogP contribution < -0.4 is 15.4 Å². The first-order valence-electron chi connectivity index (χ1n) is 10.4. The smallest absolute Gasteiger partial charge is 0.253 e. The Bertz CT molecular complexity index is 1060. The molecule has 6 heteroatoms. The summed E-state index contributed by atoms with van der Waals surface area (Å²) in [6, 6.07) is 22.4. The van der Waals surface area contributed by atoms with E-state index in [9.17, 15) is 9.59 Å². The monoisotopic (exact) mass is 432 g/mol. The van der Waals surface area contributed by atoms with Gasteiger partial charge in [-0.1, -0.05) is 54.1 Å². The Kier molecular flexibility index (Phi) is 8.00. The highest BCUT2D eigenvalue weighted by atomic mass is 16.5. The van der Waals surface area contributed by atoms with Crippen molar-refractivity contribution >= 4 is 17.5 Å². The average molecular weight is 433 g/mol. The highest BCUT2D eigenvalue weighted by molar-refractivity contribution is 6.04. The number of aryl methyl sites for hydroxylation is 1. The Morgan fingerprint density at radius 2 is 1.69 bits per heavy atom. The maximum Gasteiger partial charge on any atom is 0.253 e. The lowest BCUT2D eigenvalue weighted by Gasteiger charge is -2.16. The molecular formula is C26H28N2O4. The van der Waals surface area contributed by atoms with Gasteiger partial charge < -0.3 is 20.1 Å². The van der Waals surface area contributed by atoms with Crippen LogP contribution in [0.3, 0.4) is 0 Å². The van der Waals surface area contributed by atoms with E-state index in [2.05, 4.69) is 10.6 Å². The molecule has 166 valence electrons. The Labute approximate surface area is 188 Å². The summed E-state index contributed by atoms with van der Waals surface area (Å²) in [5.41, 5.74) is 3.91. The summed E-state index contributed by atoms with van der Waals surface area (Å²) in [5, 5.41) is 5.71. The Morgan fingerprint density at radius 3 is 2.44 bits per heavy atom. The van der Waals surface area contributed by atoms with Gasteiger partial charge in [-0.05, 0) is 49.2 Å². The van der Waals surface area contributed by atoms with Gasteiger partial charge in [0, 0.05) is 6.54 Å². The predicted octanol–water partition coefficient (Wildman–Crippen LogP) is 4.48. The number of benzene rings is 3. The van der Waals surface area contributed by atoms with E-state index in [4.69, 9.17) is 9.47 Å². The fraction of sp³-hybridized carbons (Fsp3) is 0.231. The molecule has 0 fully saturated rings. The standard InChI is InChI=1S/C26H28N2O4/c1-18-11-13-20(14-12-18)16-27-26(30)23-9-4-5-10-24(23)28-25(29)19(2)32-17-21-7-6-8-22(15-21)31-3/h4-15,19H,16-17H2,1-3H3,(H,27,30)(H,28,29). The first kappa shape index (κ1) is 23.0. The Hall–Kier alpha value is -3.64. The summed E-state index contributed by atoms with van der Waals surface area (Å²) in [5.74, 6) is 0.145. The molecular weight excluding hydrogens is 404 g/mol. The lowest BCUT2D eigenvalue weighted by atomic mass is 10.1. The van der Waals surface area contributed by atoms with E-state index in [1.165, 1.54) is 0 Å². The van der Waals surface area contributed by atoms with Crippen molar-refractivity contribution in [3.8, 4) is 5.75 Å². The molecule has 3 aromatic carbocycles. The number of amides is 2. The van der Waals surface area contributed by atoms with E-state index in [0.717, 1.165) is 22.4 Å². The number of carbonyl (C=O) groups is 2. The second kappa shape index (κ2) is 11.1. The van der Waals surface area contributed by atoms with Crippen molar-refractivity contribution in [3.05, 3.63) is 95.1 Å². The predicted molar refractivity (Wildman–Crippen MR) is 125 cm³/mol. The van der Waals surface area contributed by atoms with Crippen LogP contribution in [-0.4, -0.2) is 25.0 Å². The highest BCUT2D eigenvalue weighted by Crippen LogP contribution is 2.17. The molecule has 0 saturated carbocycles. The van der Waals surface area contributed by atoms with Crippen LogP contribution in [0, 0.1) is 6.92 Å². The fourth-order valence-corrected chi connectivity index (χ4v) is 3.07. The fourth-order valence-electron chi connectivity index (χ4n) is 3.07. The number of nitrogens with one attached hydrogen (secondary N) is 2. The van der Waals surface area contributed by atoms with E-state index < -0.39 is 6.10 Å². The third-order valence-corrected chi connectivity index (χ3v) is 5.01. The van der Waals surface area contributed by atoms with E-state index in [-0.39, 0.29) is 18.4 Å². The summed E-state index contributed by atoms with van der Waals surface area (Å²) in [7, 11) is 1.60. The third kappa shape index (κ3) is 6.43. The second-order valence-electron chi connectivity index (χ2n) is 7.51. The van der Waals surface area contributed by atoms with E-state index in [1.54, 1.807) is 38.3 Å². The number of carbonyl (C=O) groups excluding carboxylic acids is 2. The van der Waals surface area contributed by atoms with E-state index in [1.807, 2.05) is 55.5 Å². The number of hydrogen-bond acceptors (Lipinski definition) is 4. The Balaban J connectivity index is 1.58. The van der Waals surface area contributed by atoms with Crippen molar-refractivity contribution in [2.24, 2.45) is 0 Å². The van der Waals surface area contributed by atoms with Crippen LogP contribution in [0.25, 0.3) is 0 Å². The van der Waals surface area contributed by atoms with Gasteiger partial charge in [0.2, 0.25) is 0 Å². The first-order chi connectivity index (χ1) is 15.5. The van der Waals surface area contributed by atoms with E-state index >= 15 is 0 Å². The van der Waals surface area contributed by atoms with Gasteiger partial charge in [-0.2, -0.15) is 0 Å². The van der Waals surface area contributed by atoms with Crippen LogP contribution in [0.15, 0.2) is 72.8 Å². The zero-order valence-electron chi connectivity index (χ0n) is 18.6. The van der Waals surface area contributed by atoms with Crippen molar-refractivity contribution in [2.75, 3.05) is 12.4 Å². The number of methoxy groups -OCH3 is 1. The highest BCUT2D eigenvalue weighted by Gasteiger charge is 2.18. The molecule has 0 heterocycles. The minimum Gasteiger partial charge on any atom is -0.497 e. The van der Waals surface area contributed by atoms with Gasteiger partial charge in [0.05, 0.1) is 25.0 Å². The van der Waals surface area contributed by atoms with Crippen molar-refractivity contribution in [2.45, 2.75) is 33.1 Å². The van der Waals surface area contributed by atoms with Crippen LogP contribution in [0.4, 0.5) is 5.69 Å². The Morgan fingerprint density at radius 1 is 0.938 bits per heavy atom. The van der Waals surface area contributed by atoms with Crippen LogP contribution in [-0.2, 0) is 22.7 Å². The third-order valence-electron chi connectivity index (χ3n) is 5.01. The minimum atomic E-state index is -0.704. The SMILES string of the molecule is COc1cccc(COC(C)C(=O)Nc2ccccc2C(=O)NCc2ccc(C)cc2)c1. The summed E-state index contributed by atoms with van der Waals surface area (Å²) in [6.45, 7) is 4.37. The number of rotatable bonds is 9. The molecule has 0 bridgehead atoms. The lowest BCUT2D eigenvalue weighted by Crippen LogP contribution is -2.30. The molecule has 6 nitrogen and oxygen atoms in total. The summed E-state index contributed by atoms with van der Waals surface area (Å²) >= 11 is 0. The second-order valence-corrected chi connectivity index (χ2v) is 7.51. The molecule has 0 aromatic heterocycles. The number of para-hydroxylation sites is 1. The van der Waals surface area contributed by atoms with Gasteiger partial charge in [0.15, 0.2) is 0 Å². The molecule has 0 aliphatic carbocycles. The van der Waals surface area contributed by atoms with Crippen molar-refractivity contribution in [1.29, 1.82) is 0 Å². The van der Waals surface area contributed by atoms with Gasteiger partial charge in [0.25, 0.3) is 11.8 Å². The normalized spacial score (nSPS) is 11.5. The van der Waals surface area contributed by atoms with Crippen LogP contribution in [0.2, 0.25) is 0 Å². The molecule has 32 heavy (non-hydrogen) atoms. The molecule has 0 aliphatic heterocycles. The largest absolute Gasteiger partial charge is 0.497 e. The minimum absolute atomic E-state index is 0.258. The molecule has 0 radical (unpaired) electrons. The average Bonchev–Trinajstić information content (AvgIpc) is 2.82. The van der Waals surface area contributed by atoms with Gasteiger partial charge >= 0.3 is 0 Å². The zero-order chi connectivity index (χ0) is 22.9. The topological polar surface area (TPSA) is 76.7 Å². The molecule has 2 N–H and O–H groups in total. The van der Waals surface area contributed by atoms with Crippen LogP contribution in [0.5, 0.6) is 5.75 Å². The van der Waals surface area contributed by atoms with Crippen molar-refractivity contribution in [3.63, 3.8) is 0 Å². The molecule has 3 rings (SSSR count). The number of anilines is 1. The maximum absolute atomic E-state index is 12.7. The summed E-state index contributed by atoms with van der Waals surface area (Å²) < 4.78 is 10.9. The number of ether oxygens (including phenoxy) is 2. The van der Waals surface area contributed by atoms with Gasteiger partial charge in [-0.25, -0.2) is 0 Å². The van der Waals surface area contributed by atoms with Gasteiger partial charge in [-0.3, -0.25) is 9.59 Å². The van der Waals surface area contributed by atoms with E-state index in [0.29, 0.717) is 17.8 Å². The molecule has 0 aliphatic rings. The van der Waals surface area contributed by atoms with Gasteiger partial charge in [-0.15, -0.1) is 0 Å². The van der Waals surface area contributed by atoms with Crippen LogP contribution in [0.1, 0.15) is 34.0 Å². The molecule has 3 aromatic rings. The summed E-state index contributed by atoms with van der Waals surface area (Å²) in [6.07, 6.45) is -0.704. The summed E-state index contributed by atoms with van der Waals surface area (Å²) in [4.78, 5) is 25.4. The van der Waals surface area contributed by atoms with Crippen molar-refractivity contribution in [1.82, 2.24) is 5.32 Å². The molecule has 0 spiro atoms. The molecule has 2 amide bonds. The molecule has 0 saturated heterocycles. The zero-order valence-corrected chi connectivity index (χ0v) is 18.6. The van der Waals surface area contributed by atoms with Gasteiger partial charge in [0.1, 0.15) is 11.9 Å². The number of hydrogen-bond donors (Lipinski definition) is 2. The molecule has 1 atom stereocenters. The van der Waals surface area contributed by atoms with Crippen molar-refractivity contribution < 1.29 is 19.1 Å². The first-order valence-corrected chi connectivity index (χ1v) is 10.4. The quantitative estimate of drug-likeness (QED) is 0.523. The lowest BCUT2D eigenvalue weighted by molar-refractivity contribution is -0.127. The molecule has 1 unspecified atom stereocenters.